The molecule has 3 aromatic rings. The number of aliphatic hydroxyl groups is 3. The van der Waals surface area contributed by atoms with E-state index < -0.39 is 72.0 Å². The van der Waals surface area contributed by atoms with Gasteiger partial charge in [0.2, 0.25) is 5.79 Å². The van der Waals surface area contributed by atoms with Crippen molar-refractivity contribution in [1.82, 2.24) is 20.3 Å². The molecule has 2 fully saturated rings. The quantitative estimate of drug-likeness (QED) is 0.280. The van der Waals surface area contributed by atoms with Crippen molar-refractivity contribution >= 4 is 5.91 Å². The summed E-state index contributed by atoms with van der Waals surface area (Å²) in [6.07, 6.45) is -3.28. The first-order chi connectivity index (χ1) is 18.1. The monoisotopic (exact) mass is 538 g/mol. The van der Waals surface area contributed by atoms with Crippen LogP contribution in [0, 0.1) is 23.3 Å². The summed E-state index contributed by atoms with van der Waals surface area (Å²) in [5, 5.41) is 42.5. The van der Waals surface area contributed by atoms with Crippen LogP contribution < -0.4 is 5.32 Å². The van der Waals surface area contributed by atoms with E-state index in [4.69, 9.17) is 9.47 Å². The summed E-state index contributed by atoms with van der Waals surface area (Å²) >= 11 is 0. The first-order valence-corrected chi connectivity index (χ1v) is 11.6. The Morgan fingerprint density at radius 3 is 2.58 bits per heavy atom. The third-order valence-electron chi connectivity index (χ3n) is 6.69. The molecule has 38 heavy (non-hydrogen) atoms. The van der Waals surface area contributed by atoms with Gasteiger partial charge in [0.15, 0.2) is 17.5 Å². The van der Waals surface area contributed by atoms with E-state index in [-0.39, 0.29) is 29.8 Å². The van der Waals surface area contributed by atoms with E-state index in [1.165, 1.54) is 18.2 Å². The molecule has 3 heterocycles. The molecule has 0 aliphatic carbocycles. The lowest BCUT2D eigenvalue weighted by molar-refractivity contribution is -0.344. The van der Waals surface area contributed by atoms with Gasteiger partial charge >= 0.3 is 0 Å². The van der Waals surface area contributed by atoms with Crippen molar-refractivity contribution in [2.75, 3.05) is 13.2 Å². The highest BCUT2D eigenvalue weighted by atomic mass is 19.2. The average molecular weight is 538 g/mol. The molecule has 10 nitrogen and oxygen atoms in total. The van der Waals surface area contributed by atoms with E-state index in [1.54, 1.807) is 0 Å². The second kappa shape index (κ2) is 10.0. The SMILES string of the molecule is O=C(N[C@@H]1CCO[C@]12O[C@H](CO)[C@H](O)[C@H](n1cc(-c3cc(F)c(F)c(F)c3)nn1)[C@H]2O)c1cccc(F)c1. The molecule has 0 unspecified atom stereocenters. The van der Waals surface area contributed by atoms with E-state index in [9.17, 15) is 37.7 Å². The first kappa shape index (κ1) is 26.2. The molecule has 6 atom stereocenters. The number of amides is 1. The molecule has 5 rings (SSSR count). The minimum absolute atomic E-state index is 0.00678. The van der Waals surface area contributed by atoms with Crippen LogP contribution in [0.25, 0.3) is 11.3 Å². The van der Waals surface area contributed by atoms with Gasteiger partial charge in [-0.15, -0.1) is 5.10 Å². The van der Waals surface area contributed by atoms with Gasteiger partial charge in [0.05, 0.1) is 25.5 Å². The molecule has 2 aliphatic rings. The van der Waals surface area contributed by atoms with E-state index in [0.717, 1.165) is 16.9 Å². The predicted octanol–water partition coefficient (Wildman–Crippen LogP) is 1.07. The van der Waals surface area contributed by atoms with E-state index >= 15 is 0 Å². The standard InChI is InChI=1S/C24H22F4N4O6/c25-13-3-1-2-11(6-13)23(36)29-18-4-5-37-24(18)22(35)20(21(34)17(10-33)38-24)32-9-16(30-31-32)12-7-14(26)19(28)15(27)8-12/h1-3,6-9,17-18,20-22,33-35H,4-5,10H2,(H,29,36)/t17-,18-,20+,21+,22-,24+/m1/s1. The number of carbonyl (C=O) groups is 1. The lowest BCUT2D eigenvalue weighted by Gasteiger charge is -2.49. The zero-order valence-electron chi connectivity index (χ0n) is 19.5. The number of carbonyl (C=O) groups excluding carboxylic acids is 1. The number of rotatable bonds is 5. The molecule has 14 heteroatoms. The molecule has 1 amide bonds. The van der Waals surface area contributed by atoms with Crippen molar-refractivity contribution < 1.29 is 47.1 Å². The number of hydrogen-bond acceptors (Lipinski definition) is 8. The second-order valence-electron chi connectivity index (χ2n) is 9.00. The molecule has 202 valence electrons. The Morgan fingerprint density at radius 1 is 1.16 bits per heavy atom. The number of aliphatic hydroxyl groups excluding tert-OH is 3. The maximum Gasteiger partial charge on any atom is 0.251 e. The molecular formula is C24H22F4N4O6. The van der Waals surface area contributed by atoms with Crippen LogP contribution in [0.3, 0.4) is 0 Å². The Hall–Kier alpha value is -3.43. The highest BCUT2D eigenvalue weighted by molar-refractivity contribution is 5.94. The summed E-state index contributed by atoms with van der Waals surface area (Å²) in [4.78, 5) is 12.8. The van der Waals surface area contributed by atoms with Crippen molar-refractivity contribution in [2.24, 2.45) is 0 Å². The van der Waals surface area contributed by atoms with Gasteiger partial charge in [-0.05, 0) is 36.8 Å². The van der Waals surface area contributed by atoms with Crippen LogP contribution in [0.5, 0.6) is 0 Å². The van der Waals surface area contributed by atoms with Gasteiger partial charge in [-0.25, -0.2) is 22.2 Å². The molecule has 0 radical (unpaired) electrons. The normalized spacial score (nSPS) is 29.1. The molecule has 1 aromatic heterocycles. The van der Waals surface area contributed by atoms with Crippen LogP contribution >= 0.6 is 0 Å². The number of benzene rings is 2. The summed E-state index contributed by atoms with van der Waals surface area (Å²) in [5.41, 5.74) is -0.256. The van der Waals surface area contributed by atoms with Crippen molar-refractivity contribution in [2.45, 2.75) is 42.6 Å². The van der Waals surface area contributed by atoms with Crippen LogP contribution in [0.4, 0.5) is 17.6 Å². The summed E-state index contributed by atoms with van der Waals surface area (Å²) in [6.45, 7) is -0.696. The van der Waals surface area contributed by atoms with Crippen molar-refractivity contribution in [3.63, 3.8) is 0 Å². The van der Waals surface area contributed by atoms with Gasteiger partial charge in [0, 0.05) is 11.1 Å². The first-order valence-electron chi connectivity index (χ1n) is 11.6. The Balaban J connectivity index is 1.47. The lowest BCUT2D eigenvalue weighted by atomic mass is 9.86. The van der Waals surface area contributed by atoms with Gasteiger partial charge in [-0.2, -0.15) is 0 Å². The fourth-order valence-electron chi connectivity index (χ4n) is 4.82. The predicted molar refractivity (Wildman–Crippen MR) is 119 cm³/mol. The zero-order chi connectivity index (χ0) is 27.2. The van der Waals surface area contributed by atoms with Gasteiger partial charge in [0.25, 0.3) is 5.91 Å². The number of nitrogens with zero attached hydrogens (tertiary/aromatic N) is 3. The van der Waals surface area contributed by atoms with E-state index in [2.05, 4.69) is 15.6 Å². The number of aromatic nitrogens is 3. The summed E-state index contributed by atoms with van der Waals surface area (Å²) in [7, 11) is 0. The van der Waals surface area contributed by atoms with E-state index in [1.807, 2.05) is 0 Å². The summed E-state index contributed by atoms with van der Waals surface area (Å²) in [5.74, 6) is -7.82. The second-order valence-corrected chi connectivity index (χ2v) is 9.00. The van der Waals surface area contributed by atoms with Gasteiger partial charge in [-0.3, -0.25) is 4.79 Å². The van der Waals surface area contributed by atoms with Crippen LogP contribution in [-0.4, -0.2) is 79.6 Å². The van der Waals surface area contributed by atoms with Crippen molar-refractivity contribution in [1.29, 1.82) is 0 Å². The van der Waals surface area contributed by atoms with Gasteiger partial charge in [-0.1, -0.05) is 11.3 Å². The van der Waals surface area contributed by atoms with E-state index in [0.29, 0.717) is 12.1 Å². The van der Waals surface area contributed by atoms with Crippen molar-refractivity contribution in [3.05, 3.63) is 71.4 Å². The number of ether oxygens (including phenoxy) is 2. The minimum Gasteiger partial charge on any atom is -0.394 e. The fraction of sp³-hybridized carbons (Fsp3) is 0.375. The lowest BCUT2D eigenvalue weighted by Crippen LogP contribution is -2.69. The maximum atomic E-state index is 13.7. The Morgan fingerprint density at radius 2 is 1.89 bits per heavy atom. The molecule has 1 spiro atoms. The number of halogens is 4. The molecular weight excluding hydrogens is 516 g/mol. The van der Waals surface area contributed by atoms with Crippen LogP contribution in [-0.2, 0) is 9.47 Å². The highest BCUT2D eigenvalue weighted by Crippen LogP contribution is 2.43. The smallest absolute Gasteiger partial charge is 0.251 e. The highest BCUT2D eigenvalue weighted by Gasteiger charge is 2.62. The number of nitrogens with one attached hydrogen (secondary N) is 1. The van der Waals surface area contributed by atoms with Gasteiger partial charge in [0.1, 0.15) is 35.9 Å². The third-order valence-corrected chi connectivity index (χ3v) is 6.69. The number of hydrogen-bond donors (Lipinski definition) is 4. The molecule has 4 N–H and O–H groups in total. The molecule has 0 bridgehead atoms. The van der Waals surface area contributed by atoms with Crippen LogP contribution in [0.1, 0.15) is 22.8 Å². The van der Waals surface area contributed by atoms with Crippen LogP contribution in [0.2, 0.25) is 0 Å². The maximum absolute atomic E-state index is 13.7. The largest absolute Gasteiger partial charge is 0.394 e. The third kappa shape index (κ3) is 4.43. The molecule has 2 aromatic carbocycles. The summed E-state index contributed by atoms with van der Waals surface area (Å²) in [6, 6.07) is 3.98. The Bertz CT molecular complexity index is 1340. The van der Waals surface area contributed by atoms with Crippen LogP contribution in [0.15, 0.2) is 42.6 Å². The van der Waals surface area contributed by atoms with Crippen molar-refractivity contribution in [3.8, 4) is 11.3 Å². The Kier molecular flexibility index (Phi) is 6.92. The Labute approximate surface area is 212 Å². The zero-order valence-corrected chi connectivity index (χ0v) is 19.5. The average Bonchev–Trinajstić information content (AvgIpc) is 3.53. The molecule has 2 saturated heterocycles. The fourth-order valence-corrected chi connectivity index (χ4v) is 4.82. The molecule has 0 saturated carbocycles. The van der Waals surface area contributed by atoms with Gasteiger partial charge < -0.3 is 30.1 Å². The minimum atomic E-state index is -1.96. The summed E-state index contributed by atoms with van der Waals surface area (Å²) < 4.78 is 67.0. The topological polar surface area (TPSA) is 139 Å². The molecule has 2 aliphatic heterocycles.